The molecule has 2 aromatic carbocycles. The van der Waals surface area contributed by atoms with Crippen molar-refractivity contribution in [3.05, 3.63) is 101 Å². The zero-order valence-corrected chi connectivity index (χ0v) is 18.1. The number of allylic oxidation sites excluding steroid dienone is 8. The Bertz CT molecular complexity index is 1230. The van der Waals surface area contributed by atoms with E-state index in [4.69, 9.17) is 0 Å². The van der Waals surface area contributed by atoms with Gasteiger partial charge in [0.2, 0.25) is 0 Å². The SMILES string of the molecule is C=C(/C=C/N=C(\C=C/C)c1cc(C=O)c(O)c2ccccc12)/C=C(C=O)\C=C(/C)C(F)(F)F. The van der Waals surface area contributed by atoms with Gasteiger partial charge >= 0.3 is 6.18 Å². The molecule has 2 rings (SSSR count). The van der Waals surface area contributed by atoms with E-state index in [1.54, 1.807) is 43.3 Å². The van der Waals surface area contributed by atoms with Crippen LogP contribution in [0, 0.1) is 0 Å². The lowest BCUT2D eigenvalue weighted by Gasteiger charge is -2.10. The first-order chi connectivity index (χ1) is 15.6. The Morgan fingerprint density at radius 1 is 1.09 bits per heavy atom. The summed E-state index contributed by atoms with van der Waals surface area (Å²) in [5, 5.41) is 11.5. The number of aldehydes is 2. The number of hydrogen-bond donors (Lipinski definition) is 1. The van der Waals surface area contributed by atoms with Gasteiger partial charge in [-0.05, 0) is 55.2 Å². The van der Waals surface area contributed by atoms with Crippen LogP contribution in [0.25, 0.3) is 10.8 Å². The van der Waals surface area contributed by atoms with Crippen molar-refractivity contribution in [3.63, 3.8) is 0 Å². The van der Waals surface area contributed by atoms with Gasteiger partial charge in [-0.15, -0.1) is 0 Å². The molecule has 0 aliphatic rings. The second kappa shape index (κ2) is 11.0. The third kappa shape index (κ3) is 6.49. The standard InChI is InChI=1S/C26H22F3NO3/c1-4-7-24(23-14-20(16-32)25(33)22-9-6-5-8-21(22)23)30-11-10-17(2)12-19(15-31)13-18(3)26(27,28)29/h4-16,33H,2H2,1,3H3/b7-4-,11-10+,18-13+,19-12+,30-24+. The fraction of sp³-hybridized carbons (Fsp3) is 0.115. The summed E-state index contributed by atoms with van der Waals surface area (Å²) in [5.41, 5.74) is 0.365. The molecule has 0 radical (unpaired) electrons. The summed E-state index contributed by atoms with van der Waals surface area (Å²) in [4.78, 5) is 26.9. The zero-order chi connectivity index (χ0) is 24.6. The van der Waals surface area contributed by atoms with Crippen molar-refractivity contribution in [1.82, 2.24) is 0 Å². The van der Waals surface area contributed by atoms with Crippen molar-refractivity contribution in [2.75, 3.05) is 0 Å². The van der Waals surface area contributed by atoms with Gasteiger partial charge in [-0.2, -0.15) is 13.2 Å². The summed E-state index contributed by atoms with van der Waals surface area (Å²) >= 11 is 0. The van der Waals surface area contributed by atoms with Gasteiger partial charge in [-0.25, -0.2) is 0 Å². The number of nitrogens with zero attached hydrogens (tertiary/aromatic N) is 1. The average Bonchev–Trinajstić information content (AvgIpc) is 2.78. The Balaban J connectivity index is 2.46. The third-order valence-corrected chi connectivity index (χ3v) is 4.59. The molecule has 1 N–H and O–H groups in total. The molecule has 0 aromatic heterocycles. The molecule has 2 aromatic rings. The first-order valence-electron chi connectivity index (χ1n) is 9.81. The molecule has 0 saturated heterocycles. The normalized spacial score (nSPS) is 13.8. The summed E-state index contributed by atoms with van der Waals surface area (Å²) in [6, 6.07) is 8.53. The molecule has 0 unspecified atom stereocenters. The van der Waals surface area contributed by atoms with Crippen molar-refractivity contribution < 1.29 is 27.9 Å². The lowest BCUT2D eigenvalue weighted by molar-refractivity contribution is -0.104. The first kappa shape index (κ1) is 25.3. The molecule has 0 fully saturated rings. The third-order valence-electron chi connectivity index (χ3n) is 4.59. The maximum Gasteiger partial charge on any atom is 0.412 e. The smallest absolute Gasteiger partial charge is 0.412 e. The topological polar surface area (TPSA) is 66.7 Å². The van der Waals surface area contributed by atoms with E-state index in [1.165, 1.54) is 24.4 Å². The van der Waals surface area contributed by atoms with Crippen LogP contribution in [0.5, 0.6) is 5.75 Å². The molecule has 0 atom stereocenters. The van der Waals surface area contributed by atoms with Crippen LogP contribution >= 0.6 is 0 Å². The van der Waals surface area contributed by atoms with Crippen LogP contribution in [0.4, 0.5) is 13.2 Å². The van der Waals surface area contributed by atoms with Crippen LogP contribution in [-0.2, 0) is 4.79 Å². The van der Waals surface area contributed by atoms with Crippen molar-refractivity contribution in [2.24, 2.45) is 4.99 Å². The molecular formula is C26H22F3NO3. The second-order valence-corrected chi connectivity index (χ2v) is 7.02. The number of fused-ring (bicyclic) bond motifs is 1. The molecule has 0 spiro atoms. The van der Waals surface area contributed by atoms with Gasteiger partial charge in [-0.3, -0.25) is 14.6 Å². The Morgan fingerprint density at radius 2 is 1.76 bits per heavy atom. The highest BCUT2D eigenvalue weighted by Gasteiger charge is 2.29. The maximum absolute atomic E-state index is 12.7. The predicted octanol–water partition coefficient (Wildman–Crippen LogP) is 6.43. The monoisotopic (exact) mass is 453 g/mol. The van der Waals surface area contributed by atoms with Gasteiger partial charge in [0.25, 0.3) is 0 Å². The summed E-state index contributed by atoms with van der Waals surface area (Å²) in [6.07, 6.45) is 4.57. The molecule has 0 amide bonds. The Hall–Kier alpha value is -4.00. The van der Waals surface area contributed by atoms with E-state index in [0.717, 1.165) is 13.0 Å². The number of phenols is 1. The Labute approximate surface area is 189 Å². The van der Waals surface area contributed by atoms with Gasteiger partial charge in [-0.1, -0.05) is 36.9 Å². The highest BCUT2D eigenvalue weighted by molar-refractivity contribution is 6.18. The molecule has 0 bridgehead atoms. The molecule has 7 heteroatoms. The molecule has 4 nitrogen and oxygen atoms in total. The average molecular weight is 453 g/mol. The van der Waals surface area contributed by atoms with E-state index >= 15 is 0 Å². The zero-order valence-electron chi connectivity index (χ0n) is 18.1. The molecule has 0 aliphatic carbocycles. The quantitative estimate of drug-likeness (QED) is 0.217. The molecule has 170 valence electrons. The lowest BCUT2D eigenvalue weighted by atomic mass is 9.96. The maximum atomic E-state index is 12.7. The van der Waals surface area contributed by atoms with Crippen molar-refractivity contribution in [1.29, 1.82) is 0 Å². The number of aliphatic imine (C=N–C) groups is 1. The van der Waals surface area contributed by atoms with Crippen LogP contribution in [0.2, 0.25) is 0 Å². The number of phenolic OH excluding ortho intramolecular Hbond substituents is 1. The Kier molecular flexibility index (Phi) is 8.45. The van der Waals surface area contributed by atoms with Crippen molar-refractivity contribution in [3.8, 4) is 5.75 Å². The predicted molar refractivity (Wildman–Crippen MR) is 125 cm³/mol. The number of aromatic hydroxyl groups is 1. The summed E-state index contributed by atoms with van der Waals surface area (Å²) in [7, 11) is 0. The second-order valence-electron chi connectivity index (χ2n) is 7.02. The summed E-state index contributed by atoms with van der Waals surface area (Å²) in [6.45, 7) is 6.38. The van der Waals surface area contributed by atoms with Crippen LogP contribution in [-0.4, -0.2) is 29.6 Å². The number of alkyl halides is 3. The minimum atomic E-state index is -4.53. The van der Waals surface area contributed by atoms with Crippen LogP contribution in [0.15, 0.2) is 95.2 Å². The highest BCUT2D eigenvalue weighted by Crippen LogP contribution is 2.31. The van der Waals surface area contributed by atoms with Gasteiger partial charge in [0.1, 0.15) is 12.0 Å². The Morgan fingerprint density at radius 3 is 2.33 bits per heavy atom. The molecule has 0 aliphatic heterocycles. The fourth-order valence-corrected chi connectivity index (χ4v) is 2.96. The number of rotatable bonds is 8. The number of hydrogen-bond acceptors (Lipinski definition) is 4. The van der Waals surface area contributed by atoms with E-state index < -0.39 is 11.7 Å². The lowest BCUT2D eigenvalue weighted by Crippen LogP contribution is -2.09. The van der Waals surface area contributed by atoms with E-state index in [9.17, 15) is 27.9 Å². The van der Waals surface area contributed by atoms with Crippen LogP contribution in [0.1, 0.15) is 29.8 Å². The van der Waals surface area contributed by atoms with Gasteiger partial charge in [0.15, 0.2) is 6.29 Å². The van der Waals surface area contributed by atoms with Crippen LogP contribution in [0.3, 0.4) is 0 Å². The van der Waals surface area contributed by atoms with Crippen molar-refractivity contribution in [2.45, 2.75) is 20.0 Å². The van der Waals surface area contributed by atoms with E-state index in [2.05, 4.69) is 11.6 Å². The molecule has 0 heterocycles. The number of halogens is 3. The number of carbonyl (C=O) groups excluding carboxylic acids is 2. The molecular weight excluding hydrogens is 431 g/mol. The van der Waals surface area contributed by atoms with E-state index in [1.807, 2.05) is 0 Å². The van der Waals surface area contributed by atoms with Crippen LogP contribution < -0.4 is 0 Å². The minimum Gasteiger partial charge on any atom is -0.507 e. The number of benzene rings is 2. The largest absolute Gasteiger partial charge is 0.507 e. The summed E-state index contributed by atoms with van der Waals surface area (Å²) in [5.74, 6) is -0.123. The molecule has 0 saturated carbocycles. The van der Waals surface area contributed by atoms with Gasteiger partial charge in [0, 0.05) is 28.3 Å². The highest BCUT2D eigenvalue weighted by atomic mass is 19.4. The first-order valence-corrected chi connectivity index (χ1v) is 9.81. The fourth-order valence-electron chi connectivity index (χ4n) is 2.96. The minimum absolute atomic E-state index is 0.111. The van der Waals surface area contributed by atoms with E-state index in [-0.39, 0.29) is 22.5 Å². The van der Waals surface area contributed by atoms with Gasteiger partial charge < -0.3 is 5.11 Å². The summed E-state index contributed by atoms with van der Waals surface area (Å²) < 4.78 is 38.1. The van der Waals surface area contributed by atoms with Crippen molar-refractivity contribution >= 4 is 29.1 Å². The number of carbonyl (C=O) groups is 2. The molecule has 33 heavy (non-hydrogen) atoms. The van der Waals surface area contributed by atoms with E-state index in [0.29, 0.717) is 34.6 Å². The van der Waals surface area contributed by atoms with Gasteiger partial charge in [0.05, 0.1) is 11.3 Å².